The third-order valence-electron chi connectivity index (χ3n) is 3.34. The number of rotatable bonds is 2. The summed E-state index contributed by atoms with van der Waals surface area (Å²) in [6.45, 7) is 0.796. The van der Waals surface area contributed by atoms with E-state index in [0.717, 1.165) is 0 Å². The highest BCUT2D eigenvalue weighted by Crippen LogP contribution is 2.31. The summed E-state index contributed by atoms with van der Waals surface area (Å²) in [5.41, 5.74) is -0.246. The average molecular weight is 290 g/mol. The zero-order chi connectivity index (χ0) is 14.6. The summed E-state index contributed by atoms with van der Waals surface area (Å²) in [6.07, 6.45) is 0.749. The number of carbonyl (C=O) groups is 1. The molecule has 6 heteroatoms. The van der Waals surface area contributed by atoms with Gasteiger partial charge in [-0.05, 0) is 31.0 Å². The maximum Gasteiger partial charge on any atom is 0.245 e. The highest BCUT2D eigenvalue weighted by Gasteiger charge is 2.40. The lowest BCUT2D eigenvalue weighted by Gasteiger charge is -2.29. The normalized spacial score (nSPS) is 16.8. The number of nitriles is 2. The highest BCUT2D eigenvalue weighted by molar-refractivity contribution is 6.32. The van der Waals surface area contributed by atoms with Gasteiger partial charge in [-0.1, -0.05) is 11.6 Å². The number of anilines is 1. The van der Waals surface area contributed by atoms with Crippen LogP contribution >= 0.6 is 11.6 Å². The van der Waals surface area contributed by atoms with Gasteiger partial charge in [-0.3, -0.25) is 4.79 Å². The third-order valence-corrected chi connectivity index (χ3v) is 3.66. The van der Waals surface area contributed by atoms with E-state index in [9.17, 15) is 10.1 Å². The van der Waals surface area contributed by atoms with Crippen molar-refractivity contribution in [3.8, 4) is 12.1 Å². The van der Waals surface area contributed by atoms with E-state index in [4.69, 9.17) is 21.6 Å². The lowest BCUT2D eigenvalue weighted by atomic mass is 9.81. The summed E-state index contributed by atoms with van der Waals surface area (Å²) in [4.78, 5) is 12.3. The first-order valence-corrected chi connectivity index (χ1v) is 6.49. The minimum Gasteiger partial charge on any atom is -0.381 e. The second-order valence-corrected chi connectivity index (χ2v) is 4.97. The topological polar surface area (TPSA) is 85.9 Å². The molecule has 0 saturated carbocycles. The predicted octanol–water partition coefficient (Wildman–Crippen LogP) is 2.47. The Balaban J connectivity index is 2.17. The quantitative estimate of drug-likeness (QED) is 0.906. The Labute approximate surface area is 121 Å². The maximum atomic E-state index is 12.3. The van der Waals surface area contributed by atoms with Crippen molar-refractivity contribution in [2.45, 2.75) is 12.8 Å². The van der Waals surface area contributed by atoms with Gasteiger partial charge in [-0.15, -0.1) is 0 Å². The molecular weight excluding hydrogens is 278 g/mol. The highest BCUT2D eigenvalue weighted by atomic mass is 35.5. The van der Waals surface area contributed by atoms with Crippen molar-refractivity contribution < 1.29 is 9.53 Å². The van der Waals surface area contributed by atoms with Crippen LogP contribution in [0.15, 0.2) is 18.2 Å². The zero-order valence-electron chi connectivity index (χ0n) is 10.6. The molecule has 5 nitrogen and oxygen atoms in total. The van der Waals surface area contributed by atoms with Crippen molar-refractivity contribution in [3.63, 3.8) is 0 Å². The summed E-state index contributed by atoms with van der Waals surface area (Å²) in [5.74, 6) is -0.357. The van der Waals surface area contributed by atoms with Crippen LogP contribution in [0.1, 0.15) is 18.4 Å². The van der Waals surface area contributed by atoms with Gasteiger partial charge in [0.2, 0.25) is 5.91 Å². The minimum atomic E-state index is -1.06. The molecule has 1 aromatic rings. The molecule has 2 rings (SSSR count). The molecule has 0 spiro atoms. The molecule has 0 bridgehead atoms. The number of ether oxygens (including phenoxy) is 1. The van der Waals surface area contributed by atoms with Crippen molar-refractivity contribution in [1.29, 1.82) is 10.5 Å². The number of nitrogens with one attached hydrogen (secondary N) is 1. The second-order valence-electron chi connectivity index (χ2n) is 4.57. The molecule has 20 heavy (non-hydrogen) atoms. The maximum absolute atomic E-state index is 12.3. The van der Waals surface area contributed by atoms with Crippen LogP contribution in [0, 0.1) is 28.1 Å². The smallest absolute Gasteiger partial charge is 0.245 e. The van der Waals surface area contributed by atoms with Crippen LogP contribution in [0.5, 0.6) is 0 Å². The Bertz CT molecular complexity index is 610. The van der Waals surface area contributed by atoms with Gasteiger partial charge < -0.3 is 10.1 Å². The SMILES string of the molecule is N#Cc1ccc(NC(=O)C2(C#N)CCOCC2)cc1Cl. The number of carbonyl (C=O) groups excluding carboxylic acids is 1. The molecule has 1 heterocycles. The molecule has 0 radical (unpaired) electrons. The van der Waals surface area contributed by atoms with Crippen molar-refractivity contribution in [1.82, 2.24) is 0 Å². The molecule has 1 aromatic carbocycles. The molecule has 1 N–H and O–H groups in total. The van der Waals surface area contributed by atoms with E-state index in [1.165, 1.54) is 12.1 Å². The Morgan fingerprint density at radius 1 is 1.35 bits per heavy atom. The summed E-state index contributed by atoms with van der Waals surface area (Å²) in [5, 5.41) is 21.0. The van der Waals surface area contributed by atoms with Crippen LogP contribution in [0.4, 0.5) is 5.69 Å². The Morgan fingerprint density at radius 2 is 2.05 bits per heavy atom. The van der Waals surface area contributed by atoms with E-state index in [0.29, 0.717) is 37.3 Å². The van der Waals surface area contributed by atoms with E-state index in [-0.39, 0.29) is 10.9 Å². The number of benzene rings is 1. The van der Waals surface area contributed by atoms with Crippen LogP contribution in [-0.4, -0.2) is 19.1 Å². The third kappa shape index (κ3) is 2.75. The second kappa shape index (κ2) is 5.92. The van der Waals surface area contributed by atoms with Crippen LogP contribution in [0.3, 0.4) is 0 Å². The van der Waals surface area contributed by atoms with E-state index in [2.05, 4.69) is 11.4 Å². The van der Waals surface area contributed by atoms with Gasteiger partial charge in [0.15, 0.2) is 0 Å². The number of hydrogen-bond acceptors (Lipinski definition) is 4. The lowest BCUT2D eigenvalue weighted by Crippen LogP contribution is -2.39. The van der Waals surface area contributed by atoms with Crippen molar-refractivity contribution >= 4 is 23.2 Å². The molecule has 1 aliphatic heterocycles. The fraction of sp³-hybridized carbons (Fsp3) is 0.357. The van der Waals surface area contributed by atoms with Gasteiger partial charge >= 0.3 is 0 Å². The van der Waals surface area contributed by atoms with Gasteiger partial charge in [0, 0.05) is 18.9 Å². The predicted molar refractivity (Wildman–Crippen MR) is 72.9 cm³/mol. The van der Waals surface area contributed by atoms with Crippen LogP contribution < -0.4 is 5.32 Å². The number of halogens is 1. The molecule has 1 aliphatic rings. The Hall–Kier alpha value is -2.08. The first-order chi connectivity index (χ1) is 9.61. The standard InChI is InChI=1S/C14H12ClN3O2/c15-12-7-11(2-1-10(12)8-16)18-13(19)14(9-17)3-5-20-6-4-14/h1-2,7H,3-6H2,(H,18,19). The first-order valence-electron chi connectivity index (χ1n) is 6.11. The van der Waals surface area contributed by atoms with E-state index in [1.807, 2.05) is 6.07 Å². The summed E-state index contributed by atoms with van der Waals surface area (Å²) in [6, 6.07) is 8.66. The summed E-state index contributed by atoms with van der Waals surface area (Å²) in [7, 11) is 0. The molecule has 0 atom stereocenters. The van der Waals surface area contributed by atoms with E-state index >= 15 is 0 Å². The Morgan fingerprint density at radius 3 is 2.60 bits per heavy atom. The fourth-order valence-corrected chi connectivity index (χ4v) is 2.27. The van der Waals surface area contributed by atoms with E-state index in [1.54, 1.807) is 6.07 Å². The van der Waals surface area contributed by atoms with Crippen LogP contribution in [0.2, 0.25) is 5.02 Å². The molecular formula is C14H12ClN3O2. The number of hydrogen-bond donors (Lipinski definition) is 1. The molecule has 1 fully saturated rings. The van der Waals surface area contributed by atoms with Gasteiger partial charge in [-0.2, -0.15) is 10.5 Å². The van der Waals surface area contributed by atoms with Crippen molar-refractivity contribution in [2.24, 2.45) is 5.41 Å². The van der Waals surface area contributed by atoms with Crippen molar-refractivity contribution in [2.75, 3.05) is 18.5 Å². The Kier molecular flexibility index (Phi) is 4.24. The lowest BCUT2D eigenvalue weighted by molar-refractivity contribution is -0.126. The molecule has 1 saturated heterocycles. The largest absolute Gasteiger partial charge is 0.381 e. The van der Waals surface area contributed by atoms with Gasteiger partial charge in [-0.25, -0.2) is 0 Å². The van der Waals surface area contributed by atoms with Gasteiger partial charge in [0.05, 0.1) is 16.7 Å². The zero-order valence-corrected chi connectivity index (χ0v) is 11.4. The fourth-order valence-electron chi connectivity index (χ4n) is 2.04. The molecule has 0 aromatic heterocycles. The van der Waals surface area contributed by atoms with Crippen LogP contribution in [-0.2, 0) is 9.53 Å². The van der Waals surface area contributed by atoms with E-state index < -0.39 is 5.41 Å². The summed E-state index contributed by atoms with van der Waals surface area (Å²) >= 11 is 5.91. The average Bonchev–Trinajstić information content (AvgIpc) is 2.48. The monoisotopic (exact) mass is 289 g/mol. The first kappa shape index (κ1) is 14.3. The molecule has 102 valence electrons. The van der Waals surface area contributed by atoms with Crippen LogP contribution in [0.25, 0.3) is 0 Å². The van der Waals surface area contributed by atoms with Gasteiger partial charge in [0.25, 0.3) is 0 Å². The summed E-state index contributed by atoms with van der Waals surface area (Å²) < 4.78 is 5.19. The molecule has 1 amide bonds. The number of amides is 1. The molecule has 0 unspecified atom stereocenters. The van der Waals surface area contributed by atoms with Crippen molar-refractivity contribution in [3.05, 3.63) is 28.8 Å². The number of nitrogens with zero attached hydrogens (tertiary/aromatic N) is 2. The van der Waals surface area contributed by atoms with Gasteiger partial charge in [0.1, 0.15) is 11.5 Å². The molecule has 0 aliphatic carbocycles. The minimum absolute atomic E-state index is 0.267.